The minimum atomic E-state index is -3.72. The molecule has 3 aromatic rings. The van der Waals surface area contributed by atoms with E-state index in [2.05, 4.69) is 5.32 Å². The number of nitrogens with zero attached hydrogens (tertiary/aromatic N) is 1. The molecule has 5 nitrogen and oxygen atoms in total. The van der Waals surface area contributed by atoms with Crippen LogP contribution in [0.1, 0.15) is 21.5 Å². The van der Waals surface area contributed by atoms with E-state index in [-0.39, 0.29) is 10.8 Å². The van der Waals surface area contributed by atoms with E-state index >= 15 is 0 Å². The van der Waals surface area contributed by atoms with Crippen LogP contribution in [-0.2, 0) is 16.6 Å². The number of sulfonamides is 1. The topological polar surface area (TPSA) is 66.5 Å². The standard InChI is InChI=1S/C22H21ClN2O3S/c1-16-6-12-21(13-7-16)29(27,28)25(2)20-5-3-4-18(14-20)22(26)24-15-17-8-10-19(23)11-9-17/h3-14H,15H2,1-2H3,(H,24,26). The van der Waals surface area contributed by atoms with E-state index < -0.39 is 10.0 Å². The van der Waals surface area contributed by atoms with Crippen molar-refractivity contribution in [3.8, 4) is 0 Å². The SMILES string of the molecule is Cc1ccc(S(=O)(=O)N(C)c2cccc(C(=O)NCc3ccc(Cl)cc3)c2)cc1. The summed E-state index contributed by atoms with van der Waals surface area (Å²) in [6, 6.07) is 20.4. The van der Waals surface area contributed by atoms with Gasteiger partial charge in [0, 0.05) is 24.2 Å². The summed E-state index contributed by atoms with van der Waals surface area (Å²) in [5.41, 5.74) is 2.68. The molecule has 0 aromatic heterocycles. The van der Waals surface area contributed by atoms with E-state index in [1.54, 1.807) is 60.7 Å². The molecule has 1 amide bonds. The molecule has 0 spiro atoms. The molecular weight excluding hydrogens is 408 g/mol. The first-order valence-corrected chi connectivity index (χ1v) is 10.8. The van der Waals surface area contributed by atoms with Crippen LogP contribution in [0.3, 0.4) is 0 Å². The molecule has 0 aliphatic rings. The molecule has 150 valence electrons. The second-order valence-corrected chi connectivity index (χ2v) is 9.05. The highest BCUT2D eigenvalue weighted by molar-refractivity contribution is 7.92. The fourth-order valence-electron chi connectivity index (χ4n) is 2.74. The van der Waals surface area contributed by atoms with Crippen LogP contribution in [0.15, 0.2) is 77.7 Å². The summed E-state index contributed by atoms with van der Waals surface area (Å²) in [4.78, 5) is 12.7. The Hall–Kier alpha value is -2.83. The first kappa shape index (κ1) is 20.9. The van der Waals surface area contributed by atoms with Crippen molar-refractivity contribution >= 4 is 33.2 Å². The van der Waals surface area contributed by atoms with Gasteiger partial charge in [0.25, 0.3) is 15.9 Å². The lowest BCUT2D eigenvalue weighted by Gasteiger charge is -2.20. The van der Waals surface area contributed by atoms with Crippen molar-refractivity contribution in [3.63, 3.8) is 0 Å². The van der Waals surface area contributed by atoms with Crippen LogP contribution in [-0.4, -0.2) is 21.4 Å². The van der Waals surface area contributed by atoms with Crippen molar-refractivity contribution in [1.82, 2.24) is 5.32 Å². The number of nitrogens with one attached hydrogen (secondary N) is 1. The third kappa shape index (κ3) is 4.96. The Labute approximate surface area is 176 Å². The Morgan fingerprint density at radius 1 is 1.00 bits per heavy atom. The summed E-state index contributed by atoms with van der Waals surface area (Å²) in [7, 11) is -2.25. The summed E-state index contributed by atoms with van der Waals surface area (Å²) in [6.45, 7) is 2.24. The minimum Gasteiger partial charge on any atom is -0.348 e. The molecule has 29 heavy (non-hydrogen) atoms. The Morgan fingerprint density at radius 3 is 2.31 bits per heavy atom. The van der Waals surface area contributed by atoms with Gasteiger partial charge in [0.15, 0.2) is 0 Å². The monoisotopic (exact) mass is 428 g/mol. The Bertz CT molecular complexity index is 1110. The molecule has 1 N–H and O–H groups in total. The zero-order valence-corrected chi connectivity index (χ0v) is 17.7. The molecule has 0 aliphatic carbocycles. The highest BCUT2D eigenvalue weighted by Crippen LogP contribution is 2.23. The first-order chi connectivity index (χ1) is 13.8. The lowest BCUT2D eigenvalue weighted by atomic mass is 10.1. The molecule has 0 radical (unpaired) electrons. The predicted octanol–water partition coefficient (Wildman–Crippen LogP) is 4.40. The number of amides is 1. The molecule has 3 aromatic carbocycles. The van der Waals surface area contributed by atoms with Crippen molar-refractivity contribution in [3.05, 3.63) is 94.5 Å². The van der Waals surface area contributed by atoms with E-state index in [4.69, 9.17) is 11.6 Å². The van der Waals surface area contributed by atoms with Crippen molar-refractivity contribution in [2.75, 3.05) is 11.4 Å². The molecule has 0 saturated carbocycles. The molecule has 0 heterocycles. The summed E-state index contributed by atoms with van der Waals surface area (Å²) < 4.78 is 26.9. The minimum absolute atomic E-state index is 0.197. The second-order valence-electron chi connectivity index (χ2n) is 6.65. The number of halogens is 1. The fraction of sp³-hybridized carbons (Fsp3) is 0.136. The summed E-state index contributed by atoms with van der Waals surface area (Å²) in [6.07, 6.45) is 0. The van der Waals surface area contributed by atoms with Crippen LogP contribution in [0.4, 0.5) is 5.69 Å². The van der Waals surface area contributed by atoms with Crippen LogP contribution in [0, 0.1) is 6.92 Å². The van der Waals surface area contributed by atoms with Crippen LogP contribution in [0.25, 0.3) is 0 Å². The van der Waals surface area contributed by atoms with Gasteiger partial charge in [0.1, 0.15) is 0 Å². The van der Waals surface area contributed by atoms with Crippen LogP contribution < -0.4 is 9.62 Å². The molecule has 0 fully saturated rings. The third-order valence-electron chi connectivity index (χ3n) is 4.52. The number of aryl methyl sites for hydroxylation is 1. The molecule has 3 rings (SSSR count). The largest absolute Gasteiger partial charge is 0.348 e. The van der Waals surface area contributed by atoms with E-state index in [1.807, 2.05) is 19.1 Å². The van der Waals surface area contributed by atoms with Gasteiger partial charge < -0.3 is 5.32 Å². The van der Waals surface area contributed by atoms with Crippen LogP contribution >= 0.6 is 11.6 Å². The quantitative estimate of drug-likeness (QED) is 0.632. The third-order valence-corrected chi connectivity index (χ3v) is 6.57. The highest BCUT2D eigenvalue weighted by atomic mass is 35.5. The number of hydrogen-bond acceptors (Lipinski definition) is 3. The Kier molecular flexibility index (Phi) is 6.25. The van der Waals surface area contributed by atoms with Gasteiger partial charge in [-0.15, -0.1) is 0 Å². The molecule has 7 heteroatoms. The molecular formula is C22H21ClN2O3S. The first-order valence-electron chi connectivity index (χ1n) is 8.96. The number of hydrogen-bond donors (Lipinski definition) is 1. The van der Waals surface area contributed by atoms with E-state index in [0.717, 1.165) is 11.1 Å². The fourth-order valence-corrected chi connectivity index (χ4v) is 4.05. The Balaban J connectivity index is 1.76. The predicted molar refractivity (Wildman–Crippen MR) is 116 cm³/mol. The number of carbonyl (C=O) groups is 1. The van der Waals surface area contributed by atoms with Gasteiger partial charge in [-0.2, -0.15) is 0 Å². The average Bonchev–Trinajstić information content (AvgIpc) is 2.73. The molecule has 0 aliphatic heterocycles. The molecule has 0 unspecified atom stereocenters. The van der Waals surface area contributed by atoms with Crippen LogP contribution in [0.5, 0.6) is 0 Å². The maximum absolute atomic E-state index is 12.9. The van der Waals surface area contributed by atoms with Crippen molar-refractivity contribution in [2.24, 2.45) is 0 Å². The lowest BCUT2D eigenvalue weighted by molar-refractivity contribution is 0.0951. The maximum Gasteiger partial charge on any atom is 0.264 e. The number of rotatable bonds is 6. The van der Waals surface area contributed by atoms with Gasteiger partial charge >= 0.3 is 0 Å². The summed E-state index contributed by atoms with van der Waals surface area (Å²) >= 11 is 5.86. The average molecular weight is 429 g/mol. The lowest BCUT2D eigenvalue weighted by Crippen LogP contribution is -2.27. The van der Waals surface area contributed by atoms with Gasteiger partial charge in [-0.25, -0.2) is 8.42 Å². The zero-order chi connectivity index (χ0) is 21.0. The highest BCUT2D eigenvalue weighted by Gasteiger charge is 2.21. The summed E-state index contributed by atoms with van der Waals surface area (Å²) in [5, 5.41) is 3.46. The Morgan fingerprint density at radius 2 is 1.66 bits per heavy atom. The van der Waals surface area contributed by atoms with E-state index in [9.17, 15) is 13.2 Å². The summed E-state index contributed by atoms with van der Waals surface area (Å²) in [5.74, 6) is -0.289. The molecule has 0 atom stereocenters. The van der Waals surface area contributed by atoms with Gasteiger partial charge in [0.05, 0.1) is 10.6 Å². The number of carbonyl (C=O) groups excluding carboxylic acids is 1. The second kappa shape index (κ2) is 8.68. The molecule has 0 saturated heterocycles. The smallest absolute Gasteiger partial charge is 0.264 e. The van der Waals surface area contributed by atoms with Crippen molar-refractivity contribution in [2.45, 2.75) is 18.4 Å². The number of anilines is 1. The van der Waals surface area contributed by atoms with Gasteiger partial charge in [-0.05, 0) is 55.0 Å². The van der Waals surface area contributed by atoms with E-state index in [1.165, 1.54) is 11.4 Å². The van der Waals surface area contributed by atoms with Gasteiger partial charge in [0.2, 0.25) is 0 Å². The van der Waals surface area contributed by atoms with Crippen molar-refractivity contribution < 1.29 is 13.2 Å². The normalized spacial score (nSPS) is 11.1. The molecule has 0 bridgehead atoms. The van der Waals surface area contributed by atoms with E-state index in [0.29, 0.717) is 22.8 Å². The van der Waals surface area contributed by atoms with Gasteiger partial charge in [-0.1, -0.05) is 47.5 Å². The number of benzene rings is 3. The zero-order valence-electron chi connectivity index (χ0n) is 16.1. The van der Waals surface area contributed by atoms with Crippen molar-refractivity contribution in [1.29, 1.82) is 0 Å². The van der Waals surface area contributed by atoms with Crippen LogP contribution in [0.2, 0.25) is 5.02 Å². The maximum atomic E-state index is 12.9. The van der Waals surface area contributed by atoms with Gasteiger partial charge in [-0.3, -0.25) is 9.10 Å².